The van der Waals surface area contributed by atoms with E-state index in [2.05, 4.69) is 5.32 Å². The Morgan fingerprint density at radius 2 is 2.06 bits per heavy atom. The number of aliphatic hydroxyl groups is 1. The lowest BCUT2D eigenvalue weighted by Gasteiger charge is -2.10. The van der Waals surface area contributed by atoms with Crippen LogP contribution in [0.4, 0.5) is 5.69 Å². The van der Waals surface area contributed by atoms with Gasteiger partial charge in [0.15, 0.2) is 0 Å². The summed E-state index contributed by atoms with van der Waals surface area (Å²) in [7, 11) is 0. The van der Waals surface area contributed by atoms with Gasteiger partial charge in [0.1, 0.15) is 0 Å². The van der Waals surface area contributed by atoms with E-state index in [4.69, 9.17) is 10.8 Å². The van der Waals surface area contributed by atoms with Crippen LogP contribution < -0.4 is 11.1 Å². The Balaban J connectivity index is 1.84. The smallest absolute Gasteiger partial charge is 0.225 e. The minimum atomic E-state index is -0.0406. The van der Waals surface area contributed by atoms with Gasteiger partial charge < -0.3 is 16.2 Å². The quantitative estimate of drug-likeness (QED) is 0.717. The Morgan fingerprint density at radius 3 is 2.59 bits per heavy atom. The van der Waals surface area contributed by atoms with Gasteiger partial charge in [-0.2, -0.15) is 0 Å². The number of nitrogens with one attached hydrogen (secondary N) is 1. The average Bonchev–Trinajstić information content (AvgIpc) is 3.13. The largest absolute Gasteiger partial charge is 0.392 e. The van der Waals surface area contributed by atoms with E-state index in [9.17, 15) is 4.79 Å². The van der Waals surface area contributed by atoms with Crippen LogP contribution in [0.2, 0.25) is 0 Å². The number of carbonyl (C=O) groups is 1. The number of amides is 1. The first-order valence-corrected chi connectivity index (χ1v) is 5.94. The molecule has 4 N–H and O–H groups in total. The number of nitrogens with two attached hydrogens (primary N) is 1. The van der Waals surface area contributed by atoms with Gasteiger partial charge in [-0.3, -0.25) is 4.79 Å². The van der Waals surface area contributed by atoms with Crippen LogP contribution in [0.5, 0.6) is 0 Å². The summed E-state index contributed by atoms with van der Waals surface area (Å²) in [5.74, 6) is 0.499. The minimum Gasteiger partial charge on any atom is -0.392 e. The molecule has 4 nitrogen and oxygen atoms in total. The average molecular weight is 234 g/mol. The number of hydrogen-bond donors (Lipinski definition) is 3. The zero-order valence-electron chi connectivity index (χ0n) is 9.73. The van der Waals surface area contributed by atoms with Crippen molar-refractivity contribution in [3.63, 3.8) is 0 Å². The monoisotopic (exact) mass is 234 g/mol. The maximum atomic E-state index is 11.7. The highest BCUT2D eigenvalue weighted by atomic mass is 16.3. The molecule has 0 saturated heterocycles. The molecule has 0 heterocycles. The highest BCUT2D eigenvalue weighted by Crippen LogP contribution is 2.32. The summed E-state index contributed by atoms with van der Waals surface area (Å²) in [6, 6.07) is 7.14. The van der Waals surface area contributed by atoms with Crippen LogP contribution in [0.15, 0.2) is 24.3 Å². The van der Waals surface area contributed by atoms with E-state index < -0.39 is 0 Å². The molecule has 1 aliphatic rings. The van der Waals surface area contributed by atoms with Crippen LogP contribution in [-0.4, -0.2) is 17.1 Å². The van der Waals surface area contributed by atoms with Crippen molar-refractivity contribution < 1.29 is 9.90 Å². The predicted octanol–water partition coefficient (Wildman–Crippen LogP) is 1.24. The lowest BCUT2D eigenvalue weighted by Crippen LogP contribution is -2.28. The van der Waals surface area contributed by atoms with Crippen LogP contribution in [0, 0.1) is 5.92 Å². The topological polar surface area (TPSA) is 75.4 Å². The summed E-state index contributed by atoms with van der Waals surface area (Å²) in [4.78, 5) is 11.7. The van der Waals surface area contributed by atoms with Gasteiger partial charge in [-0.25, -0.2) is 0 Å². The number of carbonyl (C=O) groups excluding carboxylic acids is 1. The molecule has 1 saturated carbocycles. The molecule has 1 fully saturated rings. The van der Waals surface area contributed by atoms with Gasteiger partial charge in [-0.15, -0.1) is 0 Å². The molecule has 0 bridgehead atoms. The molecule has 92 valence electrons. The Bertz CT molecular complexity index is 385. The second kappa shape index (κ2) is 5.29. The third-order valence-corrected chi connectivity index (χ3v) is 3.07. The highest BCUT2D eigenvalue weighted by Gasteiger charge is 2.29. The fourth-order valence-corrected chi connectivity index (χ4v) is 1.81. The van der Waals surface area contributed by atoms with E-state index in [1.165, 1.54) is 0 Å². The molecule has 2 rings (SSSR count). The van der Waals surface area contributed by atoms with Crippen molar-refractivity contribution in [3.8, 4) is 0 Å². The third-order valence-electron chi connectivity index (χ3n) is 3.07. The van der Waals surface area contributed by atoms with Gasteiger partial charge in [-0.05, 0) is 36.5 Å². The van der Waals surface area contributed by atoms with Crippen molar-refractivity contribution >= 4 is 11.6 Å². The molecule has 1 aromatic carbocycles. The van der Waals surface area contributed by atoms with Gasteiger partial charge in [0.25, 0.3) is 0 Å². The summed E-state index contributed by atoms with van der Waals surface area (Å²) < 4.78 is 0. The fraction of sp³-hybridized carbons (Fsp3) is 0.462. The molecular formula is C13H18N2O2. The maximum Gasteiger partial charge on any atom is 0.225 e. The molecule has 0 radical (unpaired) electrons. The Kier molecular flexibility index (Phi) is 3.76. The Hall–Kier alpha value is -1.39. The summed E-state index contributed by atoms with van der Waals surface area (Å²) in [5.41, 5.74) is 7.46. The highest BCUT2D eigenvalue weighted by molar-refractivity contribution is 5.91. The van der Waals surface area contributed by atoms with E-state index in [0.29, 0.717) is 12.3 Å². The number of anilines is 1. The van der Waals surface area contributed by atoms with Crippen molar-refractivity contribution in [2.45, 2.75) is 31.9 Å². The third kappa shape index (κ3) is 3.54. The van der Waals surface area contributed by atoms with Crippen molar-refractivity contribution in [2.24, 2.45) is 11.7 Å². The number of benzene rings is 1. The summed E-state index contributed by atoms with van der Waals surface area (Å²) in [6.45, 7) is 0.0147. The first-order valence-electron chi connectivity index (χ1n) is 5.94. The normalized spacial score (nSPS) is 16.6. The zero-order chi connectivity index (χ0) is 12.3. The van der Waals surface area contributed by atoms with Crippen LogP contribution in [-0.2, 0) is 11.4 Å². The van der Waals surface area contributed by atoms with E-state index in [1.54, 1.807) is 24.3 Å². The SMILES string of the molecule is NC(CC(=O)Nc1ccc(CO)cc1)C1CC1. The number of rotatable bonds is 5. The second-order valence-electron chi connectivity index (χ2n) is 4.61. The van der Waals surface area contributed by atoms with Gasteiger partial charge in [0, 0.05) is 18.2 Å². The standard InChI is InChI=1S/C13H18N2O2/c14-12(10-3-4-10)7-13(17)15-11-5-1-9(8-16)2-6-11/h1-2,5-6,10,12,16H,3-4,7-8,14H2,(H,15,17). The molecule has 0 spiro atoms. The Labute approximate surface area is 101 Å². The first kappa shape index (κ1) is 12.1. The summed E-state index contributed by atoms with van der Waals surface area (Å²) in [6.07, 6.45) is 2.69. The van der Waals surface area contributed by atoms with Crippen molar-refractivity contribution in [1.82, 2.24) is 0 Å². The summed E-state index contributed by atoms with van der Waals surface area (Å²) >= 11 is 0. The summed E-state index contributed by atoms with van der Waals surface area (Å²) in [5, 5.41) is 11.7. The van der Waals surface area contributed by atoms with Crippen molar-refractivity contribution in [2.75, 3.05) is 5.32 Å². The molecule has 1 amide bonds. The van der Waals surface area contributed by atoms with Crippen LogP contribution in [0.1, 0.15) is 24.8 Å². The lowest BCUT2D eigenvalue weighted by atomic mass is 10.1. The first-order chi connectivity index (χ1) is 8.19. The molecule has 0 aliphatic heterocycles. The van der Waals surface area contributed by atoms with Gasteiger partial charge in [0.05, 0.1) is 6.61 Å². The van der Waals surface area contributed by atoms with E-state index in [0.717, 1.165) is 24.1 Å². The number of aliphatic hydroxyl groups excluding tert-OH is 1. The van der Waals surface area contributed by atoms with Crippen LogP contribution >= 0.6 is 0 Å². The van der Waals surface area contributed by atoms with Gasteiger partial charge in [-0.1, -0.05) is 12.1 Å². The Morgan fingerprint density at radius 1 is 1.41 bits per heavy atom. The number of hydrogen-bond acceptors (Lipinski definition) is 3. The maximum absolute atomic E-state index is 11.7. The molecule has 4 heteroatoms. The van der Waals surface area contributed by atoms with Gasteiger partial charge in [0.2, 0.25) is 5.91 Å². The molecule has 0 aromatic heterocycles. The lowest BCUT2D eigenvalue weighted by molar-refractivity contribution is -0.116. The molecule has 1 unspecified atom stereocenters. The van der Waals surface area contributed by atoms with E-state index in [-0.39, 0.29) is 18.6 Å². The van der Waals surface area contributed by atoms with Crippen molar-refractivity contribution in [3.05, 3.63) is 29.8 Å². The predicted molar refractivity (Wildman–Crippen MR) is 66.3 cm³/mol. The van der Waals surface area contributed by atoms with Crippen molar-refractivity contribution in [1.29, 1.82) is 0 Å². The van der Waals surface area contributed by atoms with Crippen LogP contribution in [0.25, 0.3) is 0 Å². The molecule has 1 atom stereocenters. The molecule has 17 heavy (non-hydrogen) atoms. The second-order valence-corrected chi connectivity index (χ2v) is 4.61. The van der Waals surface area contributed by atoms with Crippen LogP contribution in [0.3, 0.4) is 0 Å². The fourth-order valence-electron chi connectivity index (χ4n) is 1.81. The molecular weight excluding hydrogens is 216 g/mol. The van der Waals surface area contributed by atoms with E-state index in [1.807, 2.05) is 0 Å². The van der Waals surface area contributed by atoms with Gasteiger partial charge >= 0.3 is 0 Å². The molecule has 1 aliphatic carbocycles. The van der Waals surface area contributed by atoms with E-state index >= 15 is 0 Å². The zero-order valence-corrected chi connectivity index (χ0v) is 9.73. The molecule has 1 aromatic rings. The minimum absolute atomic E-state index is 0.00767.